The summed E-state index contributed by atoms with van der Waals surface area (Å²) < 4.78 is 6.53. The summed E-state index contributed by atoms with van der Waals surface area (Å²) in [6.45, 7) is 3.69. The third-order valence-electron chi connectivity index (χ3n) is 1.66. The zero-order valence-corrected chi connectivity index (χ0v) is 9.27. The van der Waals surface area contributed by atoms with E-state index in [1.807, 2.05) is 12.2 Å². The molecular formula is C8H10Br2O. The van der Waals surface area contributed by atoms with Gasteiger partial charge in [0, 0.05) is 0 Å². The van der Waals surface area contributed by atoms with Crippen LogP contribution >= 0.6 is 31.9 Å². The van der Waals surface area contributed by atoms with E-state index in [2.05, 4.69) is 38.4 Å². The highest BCUT2D eigenvalue weighted by atomic mass is 79.9. The van der Waals surface area contributed by atoms with E-state index in [9.17, 15) is 0 Å². The molecule has 0 aromatic rings. The van der Waals surface area contributed by atoms with Crippen molar-refractivity contribution >= 4 is 31.9 Å². The fourth-order valence-corrected chi connectivity index (χ4v) is 1.72. The first-order valence-electron chi connectivity index (χ1n) is 3.53. The highest BCUT2D eigenvalue weighted by Crippen LogP contribution is 2.24. The number of ether oxygens (including phenoxy) is 1. The van der Waals surface area contributed by atoms with Crippen molar-refractivity contribution in [2.24, 2.45) is 0 Å². The van der Waals surface area contributed by atoms with E-state index < -0.39 is 0 Å². The van der Waals surface area contributed by atoms with Gasteiger partial charge in [-0.05, 0) is 50.8 Å². The largest absolute Gasteiger partial charge is 0.367 e. The second kappa shape index (κ2) is 4.43. The molecule has 0 N–H and O–H groups in total. The molecule has 0 aromatic heterocycles. The Balaban J connectivity index is 2.41. The molecular weight excluding hydrogens is 272 g/mol. The summed E-state index contributed by atoms with van der Waals surface area (Å²) in [6, 6.07) is 0. The number of hydrogen-bond acceptors (Lipinski definition) is 1. The molecule has 0 aliphatic carbocycles. The normalized spacial score (nSPS) is 30.0. The summed E-state index contributed by atoms with van der Waals surface area (Å²) in [5.41, 5.74) is 0. The van der Waals surface area contributed by atoms with Crippen LogP contribution in [0.25, 0.3) is 0 Å². The Morgan fingerprint density at radius 2 is 2.00 bits per heavy atom. The van der Waals surface area contributed by atoms with Gasteiger partial charge in [0.1, 0.15) is 0 Å². The monoisotopic (exact) mass is 280 g/mol. The van der Waals surface area contributed by atoms with E-state index in [0.717, 1.165) is 16.2 Å². The quantitative estimate of drug-likeness (QED) is 0.706. The van der Waals surface area contributed by atoms with E-state index in [-0.39, 0.29) is 12.2 Å². The minimum absolute atomic E-state index is 0.242. The molecule has 0 unspecified atom stereocenters. The SMILES string of the molecule is C=C[C@@H]1CC[C@H](C=C(Br)Br)O1. The first-order valence-corrected chi connectivity index (χ1v) is 5.12. The molecule has 0 spiro atoms. The van der Waals surface area contributed by atoms with Gasteiger partial charge in [0.2, 0.25) is 0 Å². The second-order valence-corrected chi connectivity index (χ2v) is 5.26. The third kappa shape index (κ3) is 3.09. The number of rotatable bonds is 2. The summed E-state index contributed by atoms with van der Waals surface area (Å²) in [4.78, 5) is 0. The maximum absolute atomic E-state index is 5.57. The van der Waals surface area contributed by atoms with Crippen LogP contribution in [0.5, 0.6) is 0 Å². The fourth-order valence-electron chi connectivity index (χ4n) is 1.13. The lowest BCUT2D eigenvalue weighted by Crippen LogP contribution is -2.05. The molecule has 1 aliphatic rings. The van der Waals surface area contributed by atoms with Gasteiger partial charge in [0.05, 0.1) is 15.6 Å². The second-order valence-electron chi connectivity index (χ2n) is 2.48. The summed E-state index contributed by atoms with van der Waals surface area (Å²) >= 11 is 6.60. The zero-order valence-electron chi connectivity index (χ0n) is 6.09. The molecule has 1 aliphatic heterocycles. The van der Waals surface area contributed by atoms with Crippen molar-refractivity contribution in [1.29, 1.82) is 0 Å². The smallest absolute Gasteiger partial charge is 0.0783 e. The van der Waals surface area contributed by atoms with Gasteiger partial charge in [-0.2, -0.15) is 0 Å². The van der Waals surface area contributed by atoms with Crippen LogP contribution in [0.2, 0.25) is 0 Å². The molecule has 1 nitrogen and oxygen atoms in total. The lowest BCUT2D eigenvalue weighted by atomic mass is 10.2. The molecule has 0 aromatic carbocycles. The molecule has 62 valence electrons. The highest BCUT2D eigenvalue weighted by Gasteiger charge is 2.20. The lowest BCUT2D eigenvalue weighted by molar-refractivity contribution is 0.101. The van der Waals surface area contributed by atoms with Crippen molar-refractivity contribution < 1.29 is 4.74 Å². The van der Waals surface area contributed by atoms with E-state index >= 15 is 0 Å². The third-order valence-corrected chi connectivity index (χ3v) is 2.19. The predicted octanol–water partition coefficient (Wildman–Crippen LogP) is 3.35. The van der Waals surface area contributed by atoms with Gasteiger partial charge in [-0.15, -0.1) is 6.58 Å². The van der Waals surface area contributed by atoms with Gasteiger partial charge in [-0.25, -0.2) is 0 Å². The molecule has 0 saturated carbocycles. The maximum atomic E-state index is 5.57. The van der Waals surface area contributed by atoms with Crippen molar-refractivity contribution in [3.63, 3.8) is 0 Å². The molecule has 3 heteroatoms. The summed E-state index contributed by atoms with van der Waals surface area (Å²) in [5, 5.41) is 0. The van der Waals surface area contributed by atoms with Crippen LogP contribution in [-0.4, -0.2) is 12.2 Å². The van der Waals surface area contributed by atoms with Crippen molar-refractivity contribution in [1.82, 2.24) is 0 Å². The predicted molar refractivity (Wildman–Crippen MR) is 54.0 cm³/mol. The van der Waals surface area contributed by atoms with Gasteiger partial charge < -0.3 is 4.74 Å². The molecule has 1 fully saturated rings. The highest BCUT2D eigenvalue weighted by molar-refractivity contribution is 9.28. The number of hydrogen-bond donors (Lipinski definition) is 0. The van der Waals surface area contributed by atoms with Gasteiger partial charge in [0.25, 0.3) is 0 Å². The van der Waals surface area contributed by atoms with Crippen molar-refractivity contribution in [2.45, 2.75) is 25.0 Å². The zero-order chi connectivity index (χ0) is 8.27. The lowest BCUT2D eigenvalue weighted by Gasteiger charge is -2.05. The van der Waals surface area contributed by atoms with Crippen LogP contribution in [0.15, 0.2) is 22.1 Å². The van der Waals surface area contributed by atoms with Crippen LogP contribution in [0.3, 0.4) is 0 Å². The summed E-state index contributed by atoms with van der Waals surface area (Å²) in [5.74, 6) is 0. The topological polar surface area (TPSA) is 9.23 Å². The Kier molecular flexibility index (Phi) is 3.82. The summed E-state index contributed by atoms with van der Waals surface area (Å²) in [7, 11) is 0. The Morgan fingerprint density at radius 1 is 1.36 bits per heavy atom. The van der Waals surface area contributed by atoms with Crippen molar-refractivity contribution in [3.05, 3.63) is 22.1 Å². The molecule has 0 amide bonds. The molecule has 11 heavy (non-hydrogen) atoms. The van der Waals surface area contributed by atoms with Gasteiger partial charge in [-0.1, -0.05) is 6.08 Å². The molecule has 0 bridgehead atoms. The molecule has 1 heterocycles. The molecule has 2 atom stereocenters. The van der Waals surface area contributed by atoms with Crippen LogP contribution in [0.4, 0.5) is 0 Å². The van der Waals surface area contributed by atoms with E-state index in [1.165, 1.54) is 0 Å². The van der Waals surface area contributed by atoms with Crippen molar-refractivity contribution in [2.75, 3.05) is 0 Å². The maximum Gasteiger partial charge on any atom is 0.0783 e. The van der Waals surface area contributed by atoms with Crippen LogP contribution in [0.1, 0.15) is 12.8 Å². The first kappa shape index (κ1) is 9.49. The Labute approximate surface area is 83.8 Å². The van der Waals surface area contributed by atoms with Gasteiger partial charge >= 0.3 is 0 Å². The minimum atomic E-state index is 0.242. The van der Waals surface area contributed by atoms with Gasteiger partial charge in [0.15, 0.2) is 0 Å². The Hall–Kier alpha value is 0.400. The Morgan fingerprint density at radius 3 is 2.45 bits per heavy atom. The van der Waals surface area contributed by atoms with Crippen LogP contribution in [0, 0.1) is 0 Å². The molecule has 1 saturated heterocycles. The van der Waals surface area contributed by atoms with Crippen LogP contribution in [-0.2, 0) is 4.74 Å². The standard InChI is InChI=1S/C8H10Br2O/c1-2-6-3-4-7(11-6)5-8(9)10/h2,5-7H,1,3-4H2/t6-,7-/m1/s1. The average Bonchev–Trinajstić information content (AvgIpc) is 2.34. The summed E-state index contributed by atoms with van der Waals surface area (Å²) in [6.07, 6.45) is 6.52. The van der Waals surface area contributed by atoms with Gasteiger partial charge in [-0.3, -0.25) is 0 Å². The average molecular weight is 282 g/mol. The number of halogens is 2. The first-order chi connectivity index (χ1) is 5.22. The molecule has 1 rings (SSSR count). The fraction of sp³-hybridized carbons (Fsp3) is 0.500. The molecule has 0 radical (unpaired) electrons. The van der Waals surface area contributed by atoms with E-state index in [0.29, 0.717) is 0 Å². The van der Waals surface area contributed by atoms with E-state index in [4.69, 9.17) is 4.74 Å². The minimum Gasteiger partial charge on any atom is -0.367 e. The van der Waals surface area contributed by atoms with Crippen LogP contribution < -0.4 is 0 Å². The Bertz CT molecular complexity index is 173. The van der Waals surface area contributed by atoms with Crippen molar-refractivity contribution in [3.8, 4) is 0 Å². The van der Waals surface area contributed by atoms with E-state index in [1.54, 1.807) is 0 Å².